The van der Waals surface area contributed by atoms with Crippen LogP contribution in [0.4, 0.5) is 0 Å². The third-order valence-corrected chi connectivity index (χ3v) is 6.47. The van der Waals surface area contributed by atoms with Crippen LogP contribution >= 0.6 is 11.8 Å². The van der Waals surface area contributed by atoms with Gasteiger partial charge in [-0.05, 0) is 58.5 Å². The summed E-state index contributed by atoms with van der Waals surface area (Å²) in [5, 5.41) is 13.0. The van der Waals surface area contributed by atoms with Gasteiger partial charge in [0.15, 0.2) is 11.0 Å². The van der Waals surface area contributed by atoms with E-state index in [2.05, 4.69) is 59.8 Å². The van der Waals surface area contributed by atoms with Gasteiger partial charge in [0, 0.05) is 12.6 Å². The summed E-state index contributed by atoms with van der Waals surface area (Å²) in [6, 6.07) is 0.600. The van der Waals surface area contributed by atoms with Gasteiger partial charge in [0.05, 0.1) is 11.8 Å². The molecule has 0 aliphatic heterocycles. The number of carbonyl (C=O) groups excluding carboxylic acids is 1. The molecule has 1 N–H and O–H groups in total. The first-order valence-corrected chi connectivity index (χ1v) is 11.5. The van der Waals surface area contributed by atoms with E-state index in [9.17, 15) is 4.79 Å². The van der Waals surface area contributed by atoms with Crippen LogP contribution in [0.1, 0.15) is 77.6 Å². The minimum absolute atomic E-state index is 0.116. The van der Waals surface area contributed by atoms with Crippen molar-refractivity contribution in [2.24, 2.45) is 5.92 Å². The van der Waals surface area contributed by atoms with Gasteiger partial charge in [-0.1, -0.05) is 39.0 Å². The van der Waals surface area contributed by atoms with Crippen molar-refractivity contribution < 1.29 is 4.79 Å². The van der Waals surface area contributed by atoms with E-state index in [0.717, 1.165) is 55.5 Å². The molecule has 0 spiro atoms. The summed E-state index contributed by atoms with van der Waals surface area (Å²) in [4.78, 5) is 14.6. The van der Waals surface area contributed by atoms with E-state index in [0.29, 0.717) is 11.8 Å². The molecule has 1 saturated carbocycles. The second-order valence-corrected chi connectivity index (χ2v) is 8.99. The average Bonchev–Trinajstić information content (AvgIpc) is 3.03. The highest BCUT2D eigenvalue weighted by Gasteiger charge is 2.23. The lowest BCUT2D eigenvalue weighted by atomic mass is 9.87. The monoisotopic (exact) mass is 395 g/mol. The molecule has 1 heterocycles. The molecule has 1 aromatic heterocycles. The van der Waals surface area contributed by atoms with E-state index in [1.54, 1.807) is 0 Å². The van der Waals surface area contributed by atoms with Crippen LogP contribution in [0.5, 0.6) is 0 Å². The topological polar surface area (TPSA) is 63.1 Å². The predicted octanol–water partition coefficient (Wildman–Crippen LogP) is 3.88. The Hall–Kier alpha value is -1.08. The van der Waals surface area contributed by atoms with Gasteiger partial charge in [0.1, 0.15) is 0 Å². The largest absolute Gasteiger partial charge is 0.353 e. The Bertz CT molecular complexity index is 581. The molecule has 1 aliphatic carbocycles. The third-order valence-electron chi connectivity index (χ3n) is 5.50. The Balaban J connectivity index is 1.98. The van der Waals surface area contributed by atoms with Crippen molar-refractivity contribution in [3.63, 3.8) is 0 Å². The number of amides is 1. The normalized spacial score (nSPS) is 21.4. The van der Waals surface area contributed by atoms with Crippen molar-refractivity contribution in [3.05, 3.63) is 5.82 Å². The van der Waals surface area contributed by atoms with Gasteiger partial charge in [-0.15, -0.1) is 10.2 Å². The zero-order valence-electron chi connectivity index (χ0n) is 17.7. The molecular weight excluding hydrogens is 358 g/mol. The van der Waals surface area contributed by atoms with Crippen LogP contribution in [-0.2, 0) is 11.3 Å². The lowest BCUT2D eigenvalue weighted by molar-refractivity contribution is -0.119. The fourth-order valence-electron chi connectivity index (χ4n) is 3.76. The van der Waals surface area contributed by atoms with Crippen LogP contribution in [0.2, 0.25) is 0 Å². The maximum absolute atomic E-state index is 12.4. The van der Waals surface area contributed by atoms with Gasteiger partial charge in [0.25, 0.3) is 0 Å². The van der Waals surface area contributed by atoms with Crippen LogP contribution < -0.4 is 5.32 Å². The number of thioether (sulfide) groups is 1. The maximum atomic E-state index is 12.4. The van der Waals surface area contributed by atoms with E-state index >= 15 is 0 Å². The van der Waals surface area contributed by atoms with Crippen LogP contribution in [-0.4, -0.2) is 51.5 Å². The summed E-state index contributed by atoms with van der Waals surface area (Å²) >= 11 is 1.51. The van der Waals surface area contributed by atoms with Crippen LogP contribution in [0, 0.1) is 5.92 Å². The number of aromatic nitrogens is 3. The molecule has 154 valence electrons. The lowest BCUT2D eigenvalue weighted by Gasteiger charge is -2.26. The summed E-state index contributed by atoms with van der Waals surface area (Å²) in [5.74, 6) is 2.34. The van der Waals surface area contributed by atoms with Crippen molar-refractivity contribution >= 4 is 17.7 Å². The summed E-state index contributed by atoms with van der Waals surface area (Å²) in [6.07, 6.45) is 7.86. The van der Waals surface area contributed by atoms with Gasteiger partial charge in [-0.2, -0.15) is 0 Å². The molecule has 1 unspecified atom stereocenters. The molecule has 1 aromatic rings. The van der Waals surface area contributed by atoms with Crippen LogP contribution in [0.3, 0.4) is 0 Å². The molecule has 0 saturated heterocycles. The highest BCUT2D eigenvalue weighted by molar-refractivity contribution is 7.99. The molecule has 0 radical (unpaired) electrons. The molecule has 1 amide bonds. The molecule has 1 atom stereocenters. The predicted molar refractivity (Wildman–Crippen MR) is 112 cm³/mol. The van der Waals surface area contributed by atoms with E-state index in [-0.39, 0.29) is 11.9 Å². The van der Waals surface area contributed by atoms with Gasteiger partial charge in [0.2, 0.25) is 5.91 Å². The molecule has 27 heavy (non-hydrogen) atoms. The Morgan fingerprint density at radius 3 is 2.56 bits per heavy atom. The van der Waals surface area contributed by atoms with Crippen LogP contribution in [0.25, 0.3) is 0 Å². The molecule has 7 heteroatoms. The SMILES string of the molecule is CCCCn1c(SCC(=O)NC2CCC(C)CC2)nnc1C(CC)N(C)C. The summed E-state index contributed by atoms with van der Waals surface area (Å²) in [5.41, 5.74) is 0. The maximum Gasteiger partial charge on any atom is 0.230 e. The first kappa shape index (κ1) is 22.2. The van der Waals surface area contributed by atoms with Crippen molar-refractivity contribution in [2.75, 3.05) is 19.8 Å². The van der Waals surface area contributed by atoms with Crippen molar-refractivity contribution in [3.8, 4) is 0 Å². The quantitative estimate of drug-likeness (QED) is 0.609. The fourth-order valence-corrected chi connectivity index (χ4v) is 4.54. The second kappa shape index (κ2) is 11.1. The van der Waals surface area contributed by atoms with E-state index in [4.69, 9.17) is 0 Å². The number of carbonyl (C=O) groups is 1. The van der Waals surface area contributed by atoms with Gasteiger partial charge >= 0.3 is 0 Å². The molecule has 1 aliphatic rings. The summed E-state index contributed by atoms with van der Waals surface area (Å²) in [6.45, 7) is 7.58. The Morgan fingerprint density at radius 1 is 1.26 bits per heavy atom. The lowest BCUT2D eigenvalue weighted by Crippen LogP contribution is -2.38. The Morgan fingerprint density at radius 2 is 1.96 bits per heavy atom. The number of rotatable bonds is 10. The number of unbranched alkanes of at least 4 members (excludes halogenated alkanes) is 1. The first-order valence-electron chi connectivity index (χ1n) is 10.5. The van der Waals surface area contributed by atoms with E-state index in [1.165, 1.54) is 24.6 Å². The Kier molecular flexibility index (Phi) is 9.09. The number of hydrogen-bond donors (Lipinski definition) is 1. The summed E-state index contributed by atoms with van der Waals surface area (Å²) in [7, 11) is 4.16. The highest BCUT2D eigenvalue weighted by Crippen LogP contribution is 2.26. The van der Waals surface area contributed by atoms with Gasteiger partial charge < -0.3 is 9.88 Å². The highest BCUT2D eigenvalue weighted by atomic mass is 32.2. The number of nitrogens with one attached hydrogen (secondary N) is 1. The zero-order valence-corrected chi connectivity index (χ0v) is 18.5. The standard InChI is InChI=1S/C20H37N5OS/c1-6-8-13-25-19(17(7-2)24(4)5)22-23-20(25)27-14-18(26)21-16-11-9-15(3)10-12-16/h15-17H,6-14H2,1-5H3,(H,21,26). The first-order chi connectivity index (χ1) is 13.0. The zero-order chi connectivity index (χ0) is 19.8. The fraction of sp³-hybridized carbons (Fsp3) is 0.850. The molecule has 6 nitrogen and oxygen atoms in total. The van der Waals surface area contributed by atoms with E-state index < -0.39 is 0 Å². The average molecular weight is 396 g/mol. The van der Waals surface area contributed by atoms with Crippen molar-refractivity contribution in [1.82, 2.24) is 25.0 Å². The smallest absolute Gasteiger partial charge is 0.230 e. The molecule has 1 fully saturated rings. The third kappa shape index (κ3) is 6.49. The molecule has 2 rings (SSSR count). The van der Waals surface area contributed by atoms with Crippen LogP contribution in [0.15, 0.2) is 5.16 Å². The summed E-state index contributed by atoms with van der Waals surface area (Å²) < 4.78 is 2.22. The van der Waals surface area contributed by atoms with Gasteiger partial charge in [-0.25, -0.2) is 0 Å². The van der Waals surface area contributed by atoms with E-state index in [1.807, 2.05) is 0 Å². The van der Waals surface area contributed by atoms with Crippen molar-refractivity contribution in [1.29, 1.82) is 0 Å². The second-order valence-electron chi connectivity index (χ2n) is 8.05. The minimum atomic E-state index is 0.116. The Labute approximate surface area is 168 Å². The molecular formula is C20H37N5OS. The number of nitrogens with zero attached hydrogens (tertiary/aromatic N) is 4. The molecule has 0 bridgehead atoms. The molecule has 0 aromatic carbocycles. The number of hydrogen-bond acceptors (Lipinski definition) is 5. The van der Waals surface area contributed by atoms with Crippen molar-refractivity contribution in [2.45, 2.75) is 89.5 Å². The van der Waals surface area contributed by atoms with Gasteiger partial charge in [-0.3, -0.25) is 9.69 Å². The minimum Gasteiger partial charge on any atom is -0.353 e.